The fourth-order valence-corrected chi connectivity index (χ4v) is 1.62. The van der Waals surface area contributed by atoms with Gasteiger partial charge in [-0.3, -0.25) is 4.79 Å². The molecule has 0 saturated carbocycles. The van der Waals surface area contributed by atoms with Crippen molar-refractivity contribution < 1.29 is 4.79 Å². The number of aryl methyl sites for hydroxylation is 1. The van der Waals surface area contributed by atoms with Crippen LogP contribution in [0.4, 0.5) is 5.69 Å². The zero-order valence-corrected chi connectivity index (χ0v) is 11.0. The molecule has 0 aliphatic carbocycles. The minimum Gasteiger partial charge on any atom is -0.385 e. The van der Waals surface area contributed by atoms with Crippen LogP contribution in [-0.2, 0) is 0 Å². The van der Waals surface area contributed by atoms with E-state index in [1.54, 1.807) is 0 Å². The predicted octanol–water partition coefficient (Wildman–Crippen LogP) is 2.96. The van der Waals surface area contributed by atoms with E-state index < -0.39 is 0 Å². The third-order valence-electron chi connectivity index (χ3n) is 2.68. The molecule has 0 unspecified atom stereocenters. The summed E-state index contributed by atoms with van der Waals surface area (Å²) in [5.74, 6) is -0.00829. The maximum Gasteiger partial charge on any atom is 0.251 e. The topological polar surface area (TPSA) is 41.1 Å². The molecular weight excluding hydrogens is 212 g/mol. The van der Waals surface area contributed by atoms with E-state index in [-0.39, 0.29) is 5.91 Å². The summed E-state index contributed by atoms with van der Waals surface area (Å²) in [4.78, 5) is 11.7. The molecule has 94 valence electrons. The normalized spacial score (nSPS) is 10.1. The van der Waals surface area contributed by atoms with Crippen LogP contribution < -0.4 is 10.6 Å². The molecule has 0 heterocycles. The second-order valence-corrected chi connectivity index (χ2v) is 4.17. The second-order valence-electron chi connectivity index (χ2n) is 4.17. The summed E-state index contributed by atoms with van der Waals surface area (Å²) in [5, 5.41) is 6.18. The molecule has 1 rings (SSSR count). The zero-order chi connectivity index (χ0) is 12.7. The Balaban J connectivity index is 2.75. The summed E-state index contributed by atoms with van der Waals surface area (Å²) in [6.07, 6.45) is 2.31. The molecule has 0 aromatic heterocycles. The monoisotopic (exact) mass is 234 g/mol. The van der Waals surface area contributed by atoms with Gasteiger partial charge in [0.05, 0.1) is 0 Å². The lowest BCUT2D eigenvalue weighted by Crippen LogP contribution is -2.22. The predicted molar refractivity (Wildman–Crippen MR) is 72.6 cm³/mol. The Kier molecular flexibility index (Phi) is 5.53. The van der Waals surface area contributed by atoms with E-state index in [0.717, 1.165) is 24.2 Å². The van der Waals surface area contributed by atoms with Gasteiger partial charge >= 0.3 is 0 Å². The third-order valence-corrected chi connectivity index (χ3v) is 2.68. The highest BCUT2D eigenvalue weighted by molar-refractivity contribution is 5.95. The maximum atomic E-state index is 11.7. The van der Waals surface area contributed by atoms with Gasteiger partial charge in [0.2, 0.25) is 0 Å². The summed E-state index contributed by atoms with van der Waals surface area (Å²) in [6.45, 7) is 7.75. The standard InChI is InChI=1S/C14H22N2O/c1-4-6-9-16-13-10-12(8-7-11(13)3)14(17)15-5-2/h7-8,10,16H,4-6,9H2,1-3H3,(H,15,17). The zero-order valence-electron chi connectivity index (χ0n) is 11.0. The van der Waals surface area contributed by atoms with Crippen molar-refractivity contribution in [3.63, 3.8) is 0 Å². The van der Waals surface area contributed by atoms with E-state index in [4.69, 9.17) is 0 Å². The quantitative estimate of drug-likeness (QED) is 0.743. The van der Waals surface area contributed by atoms with Crippen molar-refractivity contribution in [2.45, 2.75) is 33.6 Å². The average Bonchev–Trinajstić information content (AvgIpc) is 2.32. The number of anilines is 1. The molecular formula is C14H22N2O. The summed E-state index contributed by atoms with van der Waals surface area (Å²) in [5.41, 5.74) is 2.95. The van der Waals surface area contributed by atoms with Gasteiger partial charge in [-0.2, -0.15) is 0 Å². The van der Waals surface area contributed by atoms with Gasteiger partial charge in [-0.25, -0.2) is 0 Å². The molecule has 0 atom stereocenters. The van der Waals surface area contributed by atoms with Crippen molar-refractivity contribution in [3.8, 4) is 0 Å². The fraction of sp³-hybridized carbons (Fsp3) is 0.500. The van der Waals surface area contributed by atoms with E-state index in [2.05, 4.69) is 24.5 Å². The van der Waals surface area contributed by atoms with Crippen LogP contribution in [0.15, 0.2) is 18.2 Å². The molecule has 1 aromatic rings. The van der Waals surface area contributed by atoms with E-state index in [1.807, 2.05) is 25.1 Å². The number of hydrogen-bond acceptors (Lipinski definition) is 2. The molecule has 0 saturated heterocycles. The van der Waals surface area contributed by atoms with Gasteiger partial charge in [-0.15, -0.1) is 0 Å². The molecule has 1 amide bonds. The Morgan fingerprint density at radius 1 is 1.29 bits per heavy atom. The number of rotatable bonds is 6. The number of amides is 1. The van der Waals surface area contributed by atoms with Crippen LogP contribution in [0.2, 0.25) is 0 Å². The van der Waals surface area contributed by atoms with Crippen LogP contribution in [0, 0.1) is 6.92 Å². The number of carbonyl (C=O) groups excluding carboxylic acids is 1. The van der Waals surface area contributed by atoms with Crippen LogP contribution in [0.5, 0.6) is 0 Å². The first kappa shape index (κ1) is 13.6. The Hall–Kier alpha value is -1.51. The van der Waals surface area contributed by atoms with Crippen molar-refractivity contribution in [3.05, 3.63) is 29.3 Å². The number of benzene rings is 1. The molecule has 0 spiro atoms. The van der Waals surface area contributed by atoms with Crippen LogP contribution >= 0.6 is 0 Å². The highest BCUT2D eigenvalue weighted by Gasteiger charge is 2.06. The number of carbonyl (C=O) groups is 1. The molecule has 3 heteroatoms. The molecule has 0 radical (unpaired) electrons. The van der Waals surface area contributed by atoms with Crippen molar-refractivity contribution in [2.24, 2.45) is 0 Å². The summed E-state index contributed by atoms with van der Waals surface area (Å²) in [7, 11) is 0. The first-order chi connectivity index (χ1) is 8.19. The van der Waals surface area contributed by atoms with Gasteiger partial charge < -0.3 is 10.6 Å². The molecule has 2 N–H and O–H groups in total. The van der Waals surface area contributed by atoms with Crippen molar-refractivity contribution in [1.29, 1.82) is 0 Å². The van der Waals surface area contributed by atoms with E-state index >= 15 is 0 Å². The fourth-order valence-electron chi connectivity index (χ4n) is 1.62. The number of nitrogens with one attached hydrogen (secondary N) is 2. The lowest BCUT2D eigenvalue weighted by molar-refractivity contribution is 0.0956. The Bertz CT molecular complexity index is 374. The SMILES string of the molecule is CCCCNc1cc(C(=O)NCC)ccc1C. The molecule has 1 aromatic carbocycles. The van der Waals surface area contributed by atoms with Crippen LogP contribution in [0.3, 0.4) is 0 Å². The van der Waals surface area contributed by atoms with Crippen LogP contribution in [0.25, 0.3) is 0 Å². The smallest absolute Gasteiger partial charge is 0.251 e. The third kappa shape index (κ3) is 4.10. The minimum absolute atomic E-state index is 0.00829. The van der Waals surface area contributed by atoms with Crippen molar-refractivity contribution in [2.75, 3.05) is 18.4 Å². The second kappa shape index (κ2) is 6.94. The minimum atomic E-state index is -0.00829. The lowest BCUT2D eigenvalue weighted by atomic mass is 10.1. The number of hydrogen-bond donors (Lipinski definition) is 2. The van der Waals surface area contributed by atoms with E-state index in [0.29, 0.717) is 6.54 Å². The first-order valence-corrected chi connectivity index (χ1v) is 6.31. The molecule has 0 aliphatic heterocycles. The Morgan fingerprint density at radius 3 is 2.71 bits per heavy atom. The highest BCUT2D eigenvalue weighted by Crippen LogP contribution is 2.17. The summed E-state index contributed by atoms with van der Waals surface area (Å²) in [6, 6.07) is 5.78. The Labute approximate surface area is 104 Å². The van der Waals surface area contributed by atoms with Gasteiger partial charge in [0.15, 0.2) is 0 Å². The van der Waals surface area contributed by atoms with Crippen LogP contribution in [-0.4, -0.2) is 19.0 Å². The molecule has 3 nitrogen and oxygen atoms in total. The van der Waals surface area contributed by atoms with Gasteiger partial charge in [-0.1, -0.05) is 19.4 Å². The van der Waals surface area contributed by atoms with Crippen molar-refractivity contribution >= 4 is 11.6 Å². The van der Waals surface area contributed by atoms with E-state index in [1.165, 1.54) is 12.0 Å². The highest BCUT2D eigenvalue weighted by atomic mass is 16.1. The summed E-state index contributed by atoms with van der Waals surface area (Å²) >= 11 is 0. The largest absolute Gasteiger partial charge is 0.385 e. The molecule has 0 bridgehead atoms. The Morgan fingerprint density at radius 2 is 2.06 bits per heavy atom. The number of unbranched alkanes of at least 4 members (excludes halogenated alkanes) is 1. The van der Waals surface area contributed by atoms with Crippen LogP contribution in [0.1, 0.15) is 42.6 Å². The van der Waals surface area contributed by atoms with Gasteiger partial charge in [0, 0.05) is 24.3 Å². The maximum absolute atomic E-state index is 11.7. The molecule has 17 heavy (non-hydrogen) atoms. The lowest BCUT2D eigenvalue weighted by Gasteiger charge is -2.11. The first-order valence-electron chi connectivity index (χ1n) is 6.31. The van der Waals surface area contributed by atoms with E-state index in [9.17, 15) is 4.79 Å². The van der Waals surface area contributed by atoms with Gasteiger partial charge in [0.25, 0.3) is 5.91 Å². The van der Waals surface area contributed by atoms with Crippen molar-refractivity contribution in [1.82, 2.24) is 5.32 Å². The summed E-state index contributed by atoms with van der Waals surface area (Å²) < 4.78 is 0. The van der Waals surface area contributed by atoms with Gasteiger partial charge in [-0.05, 0) is 38.0 Å². The molecule has 0 aliphatic rings. The average molecular weight is 234 g/mol. The van der Waals surface area contributed by atoms with Gasteiger partial charge in [0.1, 0.15) is 0 Å². The molecule has 0 fully saturated rings.